The van der Waals surface area contributed by atoms with Crippen LogP contribution in [0.4, 0.5) is 0 Å². The van der Waals surface area contributed by atoms with Crippen LogP contribution in [0, 0.1) is 0 Å². The highest BCUT2D eigenvalue weighted by Crippen LogP contribution is 2.23. The minimum Gasteiger partial charge on any atom is -0.482 e. The SMILES string of the molecule is CCOC(=O)COc1ccc2c(=O)c(-c3cscn3)coc2c1. The van der Waals surface area contributed by atoms with Gasteiger partial charge < -0.3 is 13.9 Å². The summed E-state index contributed by atoms with van der Waals surface area (Å²) in [5.74, 6) is -0.0250. The lowest BCUT2D eigenvalue weighted by molar-refractivity contribution is -0.145. The fourth-order valence-corrected chi connectivity index (χ4v) is 2.62. The molecule has 6 nitrogen and oxygen atoms in total. The Labute approximate surface area is 135 Å². The number of thiazole rings is 1. The van der Waals surface area contributed by atoms with Crippen molar-refractivity contribution in [3.63, 3.8) is 0 Å². The standard InChI is InChI=1S/C16H13NO5S/c1-2-20-15(18)7-21-10-3-4-11-14(5-10)22-6-12(16(11)19)13-8-23-9-17-13/h3-6,8-9H,2,7H2,1H3. The van der Waals surface area contributed by atoms with Gasteiger partial charge in [-0.1, -0.05) is 0 Å². The number of fused-ring (bicyclic) bond motifs is 1. The van der Waals surface area contributed by atoms with Crippen molar-refractivity contribution >= 4 is 28.3 Å². The molecule has 0 fully saturated rings. The Morgan fingerprint density at radius 1 is 1.39 bits per heavy atom. The fourth-order valence-electron chi connectivity index (χ4n) is 2.07. The average Bonchev–Trinajstić information content (AvgIpc) is 3.08. The van der Waals surface area contributed by atoms with Crippen LogP contribution < -0.4 is 10.2 Å². The van der Waals surface area contributed by atoms with Gasteiger partial charge in [0.1, 0.15) is 17.6 Å². The van der Waals surface area contributed by atoms with Gasteiger partial charge >= 0.3 is 5.97 Å². The Kier molecular flexibility index (Phi) is 4.38. The molecule has 0 saturated heterocycles. The van der Waals surface area contributed by atoms with Crippen molar-refractivity contribution in [3.05, 3.63) is 45.6 Å². The van der Waals surface area contributed by atoms with E-state index in [4.69, 9.17) is 13.9 Å². The number of hydrogen-bond acceptors (Lipinski definition) is 7. The zero-order valence-electron chi connectivity index (χ0n) is 12.3. The minimum absolute atomic E-state index is 0.158. The van der Waals surface area contributed by atoms with Crippen molar-refractivity contribution in [1.82, 2.24) is 4.98 Å². The molecular weight excluding hydrogens is 318 g/mol. The molecule has 23 heavy (non-hydrogen) atoms. The summed E-state index contributed by atoms with van der Waals surface area (Å²) in [6, 6.07) is 4.79. The quantitative estimate of drug-likeness (QED) is 0.669. The number of ether oxygens (including phenoxy) is 2. The first-order valence-electron chi connectivity index (χ1n) is 6.91. The van der Waals surface area contributed by atoms with E-state index in [-0.39, 0.29) is 12.0 Å². The summed E-state index contributed by atoms with van der Waals surface area (Å²) in [4.78, 5) is 27.9. The van der Waals surface area contributed by atoms with Crippen molar-refractivity contribution in [1.29, 1.82) is 0 Å². The number of carbonyl (C=O) groups is 1. The molecule has 7 heteroatoms. The highest BCUT2D eigenvalue weighted by atomic mass is 32.1. The van der Waals surface area contributed by atoms with Crippen LogP contribution in [0.5, 0.6) is 5.75 Å². The summed E-state index contributed by atoms with van der Waals surface area (Å²) >= 11 is 1.41. The second-order valence-corrected chi connectivity index (χ2v) is 5.32. The lowest BCUT2D eigenvalue weighted by Crippen LogP contribution is -2.14. The molecule has 2 heterocycles. The van der Waals surface area contributed by atoms with Crippen LogP contribution in [0.3, 0.4) is 0 Å². The number of benzene rings is 1. The predicted molar refractivity (Wildman–Crippen MR) is 85.7 cm³/mol. The smallest absolute Gasteiger partial charge is 0.344 e. The molecule has 0 spiro atoms. The van der Waals surface area contributed by atoms with Gasteiger partial charge in [-0.05, 0) is 19.1 Å². The average molecular weight is 331 g/mol. The van der Waals surface area contributed by atoms with Gasteiger partial charge in [0.25, 0.3) is 0 Å². The van der Waals surface area contributed by atoms with E-state index in [2.05, 4.69) is 4.98 Å². The van der Waals surface area contributed by atoms with E-state index in [1.54, 1.807) is 36.0 Å². The number of nitrogens with zero attached hydrogens (tertiary/aromatic N) is 1. The van der Waals surface area contributed by atoms with Crippen molar-refractivity contribution in [2.24, 2.45) is 0 Å². The fraction of sp³-hybridized carbons (Fsp3) is 0.188. The summed E-state index contributed by atoms with van der Waals surface area (Å²) in [5.41, 5.74) is 2.89. The molecule has 3 aromatic rings. The molecule has 0 radical (unpaired) electrons. The van der Waals surface area contributed by atoms with E-state index in [0.29, 0.717) is 34.6 Å². The van der Waals surface area contributed by atoms with Crippen LogP contribution in [0.1, 0.15) is 6.92 Å². The molecule has 0 atom stereocenters. The summed E-state index contributed by atoms with van der Waals surface area (Å²) < 4.78 is 15.6. The summed E-state index contributed by atoms with van der Waals surface area (Å²) in [6.07, 6.45) is 1.38. The van der Waals surface area contributed by atoms with Gasteiger partial charge in [-0.2, -0.15) is 0 Å². The molecule has 0 aliphatic carbocycles. The largest absolute Gasteiger partial charge is 0.482 e. The first-order valence-corrected chi connectivity index (χ1v) is 7.86. The third-order valence-electron chi connectivity index (χ3n) is 3.12. The van der Waals surface area contributed by atoms with Gasteiger partial charge in [0.15, 0.2) is 6.61 Å². The molecule has 1 aromatic carbocycles. The summed E-state index contributed by atoms with van der Waals surface area (Å²) in [6.45, 7) is 1.83. The van der Waals surface area contributed by atoms with E-state index >= 15 is 0 Å². The highest BCUT2D eigenvalue weighted by molar-refractivity contribution is 7.07. The first kappa shape index (κ1) is 15.2. The summed E-state index contributed by atoms with van der Waals surface area (Å²) in [7, 11) is 0. The monoisotopic (exact) mass is 331 g/mol. The number of rotatable bonds is 5. The first-order chi connectivity index (χ1) is 11.2. The lowest BCUT2D eigenvalue weighted by Gasteiger charge is -2.06. The molecule has 0 bridgehead atoms. The third-order valence-corrected chi connectivity index (χ3v) is 3.70. The second kappa shape index (κ2) is 6.62. The molecular formula is C16H13NO5S. The van der Waals surface area contributed by atoms with E-state index in [0.717, 1.165) is 0 Å². The minimum atomic E-state index is -0.451. The van der Waals surface area contributed by atoms with E-state index in [9.17, 15) is 9.59 Å². The van der Waals surface area contributed by atoms with Crippen LogP contribution in [0.15, 0.2) is 44.6 Å². The molecule has 0 N–H and O–H groups in total. The maximum Gasteiger partial charge on any atom is 0.344 e. The van der Waals surface area contributed by atoms with E-state index in [1.165, 1.54) is 17.6 Å². The number of carbonyl (C=O) groups excluding carboxylic acids is 1. The topological polar surface area (TPSA) is 78.6 Å². The maximum atomic E-state index is 12.5. The third kappa shape index (κ3) is 3.24. The Hall–Kier alpha value is -2.67. The second-order valence-electron chi connectivity index (χ2n) is 4.60. The van der Waals surface area contributed by atoms with Gasteiger partial charge in [0.05, 0.1) is 28.8 Å². The molecule has 0 amide bonds. The number of hydrogen-bond donors (Lipinski definition) is 0. The molecule has 0 unspecified atom stereocenters. The number of esters is 1. The van der Waals surface area contributed by atoms with Crippen molar-refractivity contribution < 1.29 is 18.7 Å². The van der Waals surface area contributed by atoms with E-state index < -0.39 is 5.97 Å². The Morgan fingerprint density at radius 3 is 3.00 bits per heavy atom. The zero-order chi connectivity index (χ0) is 16.2. The predicted octanol–water partition coefficient (Wildman–Crippen LogP) is 2.86. The Balaban J connectivity index is 1.89. The maximum absolute atomic E-state index is 12.5. The molecule has 0 saturated carbocycles. The van der Waals surface area contributed by atoms with Gasteiger partial charge in [0.2, 0.25) is 5.43 Å². The van der Waals surface area contributed by atoms with E-state index in [1.807, 2.05) is 0 Å². The Morgan fingerprint density at radius 2 is 2.26 bits per heavy atom. The number of aromatic nitrogens is 1. The van der Waals surface area contributed by atoms with Gasteiger partial charge in [-0.15, -0.1) is 11.3 Å². The zero-order valence-corrected chi connectivity index (χ0v) is 13.1. The van der Waals surface area contributed by atoms with Crippen molar-refractivity contribution in [2.75, 3.05) is 13.2 Å². The van der Waals surface area contributed by atoms with Crippen molar-refractivity contribution in [3.8, 4) is 17.0 Å². The van der Waals surface area contributed by atoms with Crippen LogP contribution >= 0.6 is 11.3 Å². The molecule has 0 aliphatic heterocycles. The van der Waals surface area contributed by atoms with Crippen molar-refractivity contribution in [2.45, 2.75) is 6.92 Å². The Bertz CT molecular complexity index is 885. The van der Waals surface area contributed by atoms with Gasteiger partial charge in [0, 0.05) is 11.4 Å². The van der Waals surface area contributed by atoms with Crippen LogP contribution in [-0.4, -0.2) is 24.2 Å². The summed E-state index contributed by atoms with van der Waals surface area (Å²) in [5, 5.41) is 2.22. The van der Waals surface area contributed by atoms with Crippen LogP contribution in [0.25, 0.3) is 22.2 Å². The normalized spacial score (nSPS) is 10.7. The molecule has 0 aliphatic rings. The molecule has 3 rings (SSSR count). The van der Waals surface area contributed by atoms with Crippen LogP contribution in [-0.2, 0) is 9.53 Å². The van der Waals surface area contributed by atoms with Gasteiger partial charge in [-0.25, -0.2) is 9.78 Å². The molecule has 2 aromatic heterocycles. The van der Waals surface area contributed by atoms with Crippen LogP contribution in [0.2, 0.25) is 0 Å². The highest BCUT2D eigenvalue weighted by Gasteiger charge is 2.12. The lowest BCUT2D eigenvalue weighted by atomic mass is 10.1. The molecule has 118 valence electrons. The van der Waals surface area contributed by atoms with Gasteiger partial charge in [-0.3, -0.25) is 4.79 Å².